The van der Waals surface area contributed by atoms with Crippen molar-refractivity contribution < 1.29 is 9.72 Å². The number of amides is 1. The van der Waals surface area contributed by atoms with Crippen LogP contribution in [-0.4, -0.2) is 28.9 Å². The zero-order valence-corrected chi connectivity index (χ0v) is 15.2. The Morgan fingerprint density at radius 1 is 1.39 bits per heavy atom. The van der Waals surface area contributed by atoms with Crippen LogP contribution in [0.3, 0.4) is 0 Å². The number of nitrogens with zero attached hydrogens (tertiary/aromatic N) is 4. The van der Waals surface area contributed by atoms with E-state index in [0.29, 0.717) is 38.2 Å². The molecule has 2 aromatic rings. The molecule has 28 heavy (non-hydrogen) atoms. The minimum atomic E-state index is -0.512. The van der Waals surface area contributed by atoms with Crippen LogP contribution in [0.25, 0.3) is 0 Å². The van der Waals surface area contributed by atoms with Crippen LogP contribution >= 0.6 is 0 Å². The first-order chi connectivity index (χ1) is 13.5. The Bertz CT molecular complexity index is 932. The van der Waals surface area contributed by atoms with Gasteiger partial charge in [-0.05, 0) is 31.0 Å². The second kappa shape index (κ2) is 8.35. The molecule has 1 aliphatic heterocycles. The molecular weight excluding hydrogens is 360 g/mol. The maximum atomic E-state index is 11.4. The number of pyridine rings is 1. The summed E-state index contributed by atoms with van der Waals surface area (Å²) in [5.74, 6) is 0.410. The summed E-state index contributed by atoms with van der Waals surface area (Å²) in [7, 11) is 0. The predicted octanol–water partition coefficient (Wildman–Crippen LogP) is 2.18. The minimum Gasteiger partial charge on any atom is -0.375 e. The zero-order chi connectivity index (χ0) is 20.1. The lowest BCUT2D eigenvalue weighted by molar-refractivity contribution is -0.384. The first kappa shape index (κ1) is 19.1. The van der Waals surface area contributed by atoms with E-state index in [2.05, 4.69) is 15.2 Å². The van der Waals surface area contributed by atoms with Gasteiger partial charge in [-0.2, -0.15) is 5.26 Å². The monoisotopic (exact) mass is 380 g/mol. The number of anilines is 2. The van der Waals surface area contributed by atoms with Gasteiger partial charge in [0.2, 0.25) is 5.91 Å². The van der Waals surface area contributed by atoms with Crippen LogP contribution in [0.5, 0.6) is 0 Å². The highest BCUT2D eigenvalue weighted by Gasteiger charge is 2.25. The maximum absolute atomic E-state index is 11.4. The number of nitriles is 1. The van der Waals surface area contributed by atoms with Gasteiger partial charge in [0, 0.05) is 43.4 Å². The Hall–Kier alpha value is -3.67. The molecule has 9 nitrogen and oxygen atoms in total. The first-order valence-corrected chi connectivity index (χ1v) is 8.90. The Morgan fingerprint density at radius 3 is 2.79 bits per heavy atom. The number of nitrogens with one attached hydrogen (secondary N) is 1. The largest absolute Gasteiger partial charge is 0.375 e. The first-order valence-electron chi connectivity index (χ1n) is 8.90. The van der Waals surface area contributed by atoms with Gasteiger partial charge in [0.15, 0.2) is 0 Å². The summed E-state index contributed by atoms with van der Waals surface area (Å²) in [6.07, 6.45) is 3.06. The number of hydrogen-bond acceptors (Lipinski definition) is 7. The molecule has 3 rings (SSSR count). The lowest BCUT2D eigenvalue weighted by Crippen LogP contribution is -2.39. The van der Waals surface area contributed by atoms with E-state index < -0.39 is 4.92 Å². The van der Waals surface area contributed by atoms with Gasteiger partial charge in [-0.25, -0.2) is 4.98 Å². The van der Waals surface area contributed by atoms with Crippen LogP contribution in [-0.2, 0) is 11.3 Å². The normalized spacial score (nSPS) is 14.3. The highest BCUT2D eigenvalue weighted by molar-refractivity contribution is 5.77. The molecule has 9 heteroatoms. The Morgan fingerprint density at radius 2 is 2.14 bits per heavy atom. The highest BCUT2D eigenvalue weighted by Crippen LogP contribution is 2.28. The number of hydrogen-bond donors (Lipinski definition) is 2. The molecule has 0 spiro atoms. The molecule has 0 radical (unpaired) electrons. The van der Waals surface area contributed by atoms with Crippen LogP contribution < -0.4 is 16.0 Å². The van der Waals surface area contributed by atoms with Gasteiger partial charge in [-0.3, -0.25) is 14.9 Å². The minimum absolute atomic E-state index is 0.108. The molecule has 144 valence electrons. The lowest BCUT2D eigenvalue weighted by Gasteiger charge is -2.32. The number of carbonyl (C=O) groups excluding carboxylic acids is 1. The van der Waals surface area contributed by atoms with Crippen molar-refractivity contribution in [2.45, 2.75) is 19.4 Å². The molecule has 2 heterocycles. The van der Waals surface area contributed by atoms with Gasteiger partial charge in [0.05, 0.1) is 16.6 Å². The fraction of sp³-hybridized carbons (Fsp3) is 0.316. The fourth-order valence-corrected chi connectivity index (χ4v) is 3.32. The SMILES string of the molecule is N#Cc1ccc(NCc2cccnc2N2CCC(C(N)=O)CC2)c([N+](=O)[O-])c1. The van der Waals surface area contributed by atoms with Crippen molar-refractivity contribution in [1.29, 1.82) is 5.26 Å². The van der Waals surface area contributed by atoms with E-state index in [1.165, 1.54) is 18.2 Å². The van der Waals surface area contributed by atoms with E-state index >= 15 is 0 Å². The molecule has 1 aromatic carbocycles. The zero-order valence-electron chi connectivity index (χ0n) is 15.2. The molecule has 1 fully saturated rings. The second-order valence-electron chi connectivity index (χ2n) is 6.60. The summed E-state index contributed by atoms with van der Waals surface area (Å²) in [6.45, 7) is 1.69. The molecule has 1 aromatic heterocycles. The smallest absolute Gasteiger partial charge is 0.293 e. The van der Waals surface area contributed by atoms with E-state index in [1.807, 2.05) is 18.2 Å². The van der Waals surface area contributed by atoms with E-state index in [0.717, 1.165) is 11.4 Å². The number of primary amides is 1. The van der Waals surface area contributed by atoms with Gasteiger partial charge in [-0.15, -0.1) is 0 Å². The van der Waals surface area contributed by atoms with Crippen LogP contribution in [0.1, 0.15) is 24.0 Å². The summed E-state index contributed by atoms with van der Waals surface area (Å²) in [5.41, 5.74) is 6.71. The second-order valence-corrected chi connectivity index (χ2v) is 6.60. The molecule has 1 saturated heterocycles. The summed E-state index contributed by atoms with van der Waals surface area (Å²) in [6, 6.07) is 9.94. The number of nitro groups is 1. The Labute approximate surface area is 161 Å². The van der Waals surface area contributed by atoms with Crippen LogP contribution in [0.2, 0.25) is 0 Å². The van der Waals surface area contributed by atoms with E-state index in [4.69, 9.17) is 11.0 Å². The van der Waals surface area contributed by atoms with Gasteiger partial charge >= 0.3 is 0 Å². The molecular formula is C19H20N6O3. The Balaban J connectivity index is 1.76. The predicted molar refractivity (Wildman–Crippen MR) is 104 cm³/mol. The lowest BCUT2D eigenvalue weighted by atomic mass is 9.96. The van der Waals surface area contributed by atoms with E-state index in [-0.39, 0.29) is 23.1 Å². The van der Waals surface area contributed by atoms with Crippen molar-refractivity contribution in [3.8, 4) is 6.07 Å². The number of nitrogens with two attached hydrogens (primary N) is 1. The third-order valence-electron chi connectivity index (χ3n) is 4.86. The fourth-order valence-electron chi connectivity index (χ4n) is 3.32. The number of carbonyl (C=O) groups is 1. The molecule has 0 atom stereocenters. The van der Waals surface area contributed by atoms with Gasteiger partial charge in [-0.1, -0.05) is 6.07 Å². The van der Waals surface area contributed by atoms with Crippen molar-refractivity contribution >= 4 is 23.1 Å². The number of rotatable bonds is 6. The number of benzene rings is 1. The summed E-state index contributed by atoms with van der Waals surface area (Å²) in [4.78, 5) is 28.7. The molecule has 1 amide bonds. The number of piperidine rings is 1. The van der Waals surface area contributed by atoms with Crippen LogP contribution in [0.4, 0.5) is 17.2 Å². The summed E-state index contributed by atoms with van der Waals surface area (Å²) >= 11 is 0. The van der Waals surface area contributed by atoms with Crippen LogP contribution in [0.15, 0.2) is 36.5 Å². The van der Waals surface area contributed by atoms with Crippen molar-refractivity contribution in [3.05, 3.63) is 57.8 Å². The third kappa shape index (κ3) is 4.17. The van der Waals surface area contributed by atoms with E-state index in [1.54, 1.807) is 6.20 Å². The van der Waals surface area contributed by atoms with Crippen molar-refractivity contribution in [2.75, 3.05) is 23.3 Å². The molecule has 0 saturated carbocycles. The standard InChI is InChI=1S/C19H20N6O3/c20-11-13-3-4-16(17(10-13)25(27)28)23-12-15-2-1-7-22-19(15)24-8-5-14(6-9-24)18(21)26/h1-4,7,10,14,23H,5-6,8-9,12H2,(H2,21,26). The topological polar surface area (TPSA) is 138 Å². The highest BCUT2D eigenvalue weighted by atomic mass is 16.6. The van der Waals surface area contributed by atoms with Gasteiger partial charge in [0.25, 0.3) is 5.69 Å². The molecule has 1 aliphatic rings. The van der Waals surface area contributed by atoms with E-state index in [9.17, 15) is 14.9 Å². The van der Waals surface area contributed by atoms with Crippen LogP contribution in [0, 0.1) is 27.4 Å². The number of aromatic nitrogens is 1. The Kier molecular flexibility index (Phi) is 5.69. The van der Waals surface area contributed by atoms with Crippen molar-refractivity contribution in [1.82, 2.24) is 4.98 Å². The average Bonchev–Trinajstić information content (AvgIpc) is 2.72. The average molecular weight is 380 g/mol. The molecule has 0 aliphatic carbocycles. The van der Waals surface area contributed by atoms with Gasteiger partial charge < -0.3 is 16.0 Å². The quantitative estimate of drug-likeness (QED) is 0.578. The summed E-state index contributed by atoms with van der Waals surface area (Å²) in [5, 5.41) is 23.3. The van der Waals surface area contributed by atoms with Gasteiger partial charge in [0.1, 0.15) is 11.5 Å². The molecule has 0 unspecified atom stereocenters. The molecule has 0 bridgehead atoms. The third-order valence-corrected chi connectivity index (χ3v) is 4.86. The summed E-state index contributed by atoms with van der Waals surface area (Å²) < 4.78 is 0. The number of nitro benzene ring substituents is 1. The maximum Gasteiger partial charge on any atom is 0.293 e. The molecule has 3 N–H and O–H groups in total. The van der Waals surface area contributed by atoms with Crippen molar-refractivity contribution in [2.24, 2.45) is 11.7 Å². The van der Waals surface area contributed by atoms with Crippen molar-refractivity contribution in [3.63, 3.8) is 0 Å².